The lowest BCUT2D eigenvalue weighted by Crippen LogP contribution is -2.36. The third kappa shape index (κ3) is 7.27. The van der Waals surface area contributed by atoms with Gasteiger partial charge in [-0.25, -0.2) is 4.39 Å². The molecule has 1 aromatic rings. The van der Waals surface area contributed by atoms with E-state index in [0.29, 0.717) is 41.4 Å². The number of nitrogens with zero attached hydrogens (tertiary/aromatic N) is 2. The summed E-state index contributed by atoms with van der Waals surface area (Å²) in [5.74, 6) is 0.515. The lowest BCUT2D eigenvalue weighted by atomic mass is 9.88. The van der Waals surface area contributed by atoms with Crippen molar-refractivity contribution in [1.29, 1.82) is 0 Å². The summed E-state index contributed by atoms with van der Waals surface area (Å²) in [5, 5.41) is 14.4. The Labute approximate surface area is 192 Å². The second kappa shape index (κ2) is 11.9. The minimum atomic E-state index is -1.00. The highest BCUT2D eigenvalue weighted by molar-refractivity contribution is 5.95. The van der Waals surface area contributed by atoms with Crippen molar-refractivity contribution in [2.24, 2.45) is 9.98 Å². The summed E-state index contributed by atoms with van der Waals surface area (Å²) in [5.41, 5.74) is 1.94. The molecule has 0 radical (unpaired) electrons. The summed E-state index contributed by atoms with van der Waals surface area (Å²) in [7, 11) is 0. The third-order valence-corrected chi connectivity index (χ3v) is 5.75. The fraction of sp³-hybridized carbons (Fsp3) is 0.481. The molecular formula is C27H38FN3O. The molecule has 0 bridgehead atoms. The molecule has 0 unspecified atom stereocenters. The van der Waals surface area contributed by atoms with Crippen molar-refractivity contribution in [3.8, 4) is 0 Å². The van der Waals surface area contributed by atoms with Crippen LogP contribution in [0.15, 0.2) is 64.3 Å². The summed E-state index contributed by atoms with van der Waals surface area (Å²) < 4.78 is 14.8. The Hall–Kier alpha value is -2.53. The van der Waals surface area contributed by atoms with Gasteiger partial charge in [0, 0.05) is 17.5 Å². The SMILES string of the molecule is C=C(/C=C\NC(C)=NC1CC1)/C(C)=C(/N=C(C)C(O)(CCC)CCC)c1ccccc1F. The van der Waals surface area contributed by atoms with E-state index in [4.69, 9.17) is 4.99 Å². The second-order valence-electron chi connectivity index (χ2n) is 8.63. The van der Waals surface area contributed by atoms with E-state index >= 15 is 0 Å². The number of rotatable bonds is 11. The van der Waals surface area contributed by atoms with Crippen LogP contribution in [0.5, 0.6) is 0 Å². The molecule has 1 aliphatic rings. The van der Waals surface area contributed by atoms with Crippen LogP contribution in [0.4, 0.5) is 4.39 Å². The van der Waals surface area contributed by atoms with Crippen LogP contribution >= 0.6 is 0 Å². The van der Waals surface area contributed by atoms with Gasteiger partial charge in [-0.2, -0.15) is 0 Å². The predicted molar refractivity (Wildman–Crippen MR) is 134 cm³/mol. The van der Waals surface area contributed by atoms with Gasteiger partial charge in [0.2, 0.25) is 0 Å². The fourth-order valence-corrected chi connectivity index (χ4v) is 3.64. The Bertz CT molecular complexity index is 917. The monoisotopic (exact) mass is 439 g/mol. The summed E-state index contributed by atoms with van der Waals surface area (Å²) in [4.78, 5) is 9.34. The number of nitrogens with one attached hydrogen (secondary N) is 1. The Kier molecular flexibility index (Phi) is 9.58. The van der Waals surface area contributed by atoms with Crippen molar-refractivity contribution in [3.63, 3.8) is 0 Å². The molecule has 1 aliphatic carbocycles. The van der Waals surface area contributed by atoms with Gasteiger partial charge in [0.25, 0.3) is 0 Å². The van der Waals surface area contributed by atoms with Crippen LogP contribution in [0.3, 0.4) is 0 Å². The molecule has 174 valence electrons. The zero-order chi connectivity index (χ0) is 23.7. The number of aliphatic imine (C=N–C) groups is 2. The summed E-state index contributed by atoms with van der Waals surface area (Å²) in [6.45, 7) is 13.9. The topological polar surface area (TPSA) is 57.0 Å². The standard InChI is InChI=1S/C27H38FN3O/c1-7-16-27(32,17-8-2)21(5)30-26(24-11-9-10-12-25(24)28)20(4)19(3)15-18-29-22(6)31-23-13-14-23/h9-12,15,18,23,32H,3,7-8,13-14,16-17H2,1-2,4-6H3,(H,29,31)/b18-15-,26-20+,30-21?. The van der Waals surface area contributed by atoms with Gasteiger partial charge in [0.1, 0.15) is 11.4 Å². The van der Waals surface area contributed by atoms with Crippen molar-refractivity contribution in [2.75, 3.05) is 0 Å². The molecule has 0 aliphatic heterocycles. The molecule has 1 saturated carbocycles. The zero-order valence-corrected chi connectivity index (χ0v) is 20.2. The number of benzene rings is 1. The molecule has 4 nitrogen and oxygen atoms in total. The number of hydrogen-bond acceptors (Lipinski definition) is 3. The Balaban J connectivity index is 2.42. The van der Waals surface area contributed by atoms with Gasteiger partial charge in [-0.15, -0.1) is 0 Å². The van der Waals surface area contributed by atoms with E-state index in [1.807, 2.05) is 40.7 Å². The lowest BCUT2D eigenvalue weighted by Gasteiger charge is -2.28. The van der Waals surface area contributed by atoms with Crippen LogP contribution in [0.2, 0.25) is 0 Å². The first-order valence-electron chi connectivity index (χ1n) is 11.6. The Morgan fingerprint density at radius 3 is 2.38 bits per heavy atom. The van der Waals surface area contributed by atoms with Gasteiger partial charge < -0.3 is 10.4 Å². The molecule has 0 aromatic heterocycles. The summed E-state index contributed by atoms with van der Waals surface area (Å²) in [6.07, 6.45) is 8.86. The first-order chi connectivity index (χ1) is 15.2. The second-order valence-corrected chi connectivity index (χ2v) is 8.63. The van der Waals surface area contributed by atoms with Crippen molar-refractivity contribution < 1.29 is 9.50 Å². The Morgan fingerprint density at radius 1 is 1.19 bits per heavy atom. The van der Waals surface area contributed by atoms with E-state index in [9.17, 15) is 9.50 Å². The molecule has 0 amide bonds. The van der Waals surface area contributed by atoms with Gasteiger partial charge in [0.15, 0.2) is 0 Å². The maximum atomic E-state index is 14.8. The first kappa shape index (κ1) is 25.7. The van der Waals surface area contributed by atoms with Gasteiger partial charge in [0.05, 0.1) is 17.6 Å². The molecule has 2 rings (SSSR count). The highest BCUT2D eigenvalue weighted by atomic mass is 19.1. The maximum Gasteiger partial charge on any atom is 0.132 e. The lowest BCUT2D eigenvalue weighted by molar-refractivity contribution is 0.0904. The molecule has 5 heteroatoms. The minimum Gasteiger partial charge on any atom is -0.384 e. The van der Waals surface area contributed by atoms with E-state index in [-0.39, 0.29) is 5.82 Å². The molecule has 0 spiro atoms. The quantitative estimate of drug-likeness (QED) is 0.232. The average molecular weight is 440 g/mol. The van der Waals surface area contributed by atoms with E-state index in [2.05, 4.69) is 16.9 Å². The third-order valence-electron chi connectivity index (χ3n) is 5.75. The Morgan fingerprint density at radius 2 is 1.81 bits per heavy atom. The molecular weight excluding hydrogens is 401 g/mol. The van der Waals surface area contributed by atoms with Crippen molar-refractivity contribution in [1.82, 2.24) is 5.32 Å². The smallest absolute Gasteiger partial charge is 0.132 e. The molecule has 1 aromatic carbocycles. The van der Waals surface area contributed by atoms with Crippen LogP contribution in [0.1, 0.15) is 78.7 Å². The minimum absolute atomic E-state index is 0.352. The number of halogens is 1. The average Bonchev–Trinajstić information content (AvgIpc) is 3.56. The molecule has 1 fully saturated rings. The summed E-state index contributed by atoms with van der Waals surface area (Å²) >= 11 is 0. The van der Waals surface area contributed by atoms with E-state index in [0.717, 1.165) is 37.1 Å². The zero-order valence-electron chi connectivity index (χ0n) is 20.2. The predicted octanol–water partition coefficient (Wildman–Crippen LogP) is 6.59. The van der Waals surface area contributed by atoms with Crippen LogP contribution in [-0.4, -0.2) is 28.3 Å². The normalized spacial score (nSPS) is 16.3. The van der Waals surface area contributed by atoms with Crippen LogP contribution in [0.25, 0.3) is 5.70 Å². The van der Waals surface area contributed by atoms with E-state index in [1.54, 1.807) is 24.4 Å². The molecule has 0 atom stereocenters. The van der Waals surface area contributed by atoms with Crippen molar-refractivity contribution >= 4 is 17.2 Å². The van der Waals surface area contributed by atoms with Crippen LogP contribution in [0, 0.1) is 5.82 Å². The van der Waals surface area contributed by atoms with Gasteiger partial charge in [-0.3, -0.25) is 9.98 Å². The largest absolute Gasteiger partial charge is 0.384 e. The molecule has 0 heterocycles. The number of hydrogen-bond donors (Lipinski definition) is 2. The summed E-state index contributed by atoms with van der Waals surface area (Å²) in [6, 6.07) is 7.04. The van der Waals surface area contributed by atoms with Crippen LogP contribution < -0.4 is 5.32 Å². The number of amidine groups is 1. The molecule has 2 N–H and O–H groups in total. The van der Waals surface area contributed by atoms with Crippen molar-refractivity contribution in [2.45, 2.75) is 84.8 Å². The molecule has 32 heavy (non-hydrogen) atoms. The highest BCUT2D eigenvalue weighted by Gasteiger charge is 2.29. The fourth-order valence-electron chi connectivity index (χ4n) is 3.64. The van der Waals surface area contributed by atoms with Gasteiger partial charge in [-0.05, 0) is 75.8 Å². The van der Waals surface area contributed by atoms with E-state index < -0.39 is 5.60 Å². The number of aliphatic hydroxyl groups is 1. The first-order valence-corrected chi connectivity index (χ1v) is 11.6. The molecule has 0 saturated heterocycles. The van der Waals surface area contributed by atoms with E-state index in [1.165, 1.54) is 6.07 Å². The van der Waals surface area contributed by atoms with Gasteiger partial charge >= 0.3 is 0 Å². The highest BCUT2D eigenvalue weighted by Crippen LogP contribution is 2.30. The number of allylic oxidation sites excluding steroid dienone is 3. The van der Waals surface area contributed by atoms with Gasteiger partial charge in [-0.1, -0.05) is 45.4 Å². The maximum absolute atomic E-state index is 14.8. The van der Waals surface area contributed by atoms with Crippen LogP contribution in [-0.2, 0) is 0 Å². The van der Waals surface area contributed by atoms with Crippen molar-refractivity contribution in [3.05, 3.63) is 65.6 Å².